The molecule has 1 amide bonds. The minimum absolute atomic E-state index is 0.134. The van der Waals surface area contributed by atoms with E-state index < -0.39 is 22.4 Å². The van der Waals surface area contributed by atoms with Gasteiger partial charge in [0.15, 0.2) is 11.6 Å². The second-order valence-corrected chi connectivity index (χ2v) is 11.2. The van der Waals surface area contributed by atoms with Crippen LogP contribution in [-0.2, 0) is 22.0 Å². The number of nitrogens with one attached hydrogen (secondary N) is 2. The minimum atomic E-state index is -1.16. The Morgan fingerprint density at radius 2 is 2.17 bits per heavy atom. The molecule has 5 rings (SSSR count). The molecule has 2 aromatic heterocycles. The number of fused-ring (bicyclic) bond motifs is 4. The number of methoxy groups -OCH3 is 1. The van der Waals surface area contributed by atoms with Gasteiger partial charge in [0.1, 0.15) is 17.3 Å². The van der Waals surface area contributed by atoms with Crippen molar-refractivity contribution < 1.29 is 18.5 Å². The fourth-order valence-corrected chi connectivity index (χ4v) is 5.95. The van der Waals surface area contributed by atoms with Gasteiger partial charge < -0.3 is 29.9 Å². The summed E-state index contributed by atoms with van der Waals surface area (Å²) < 4.78 is 23.5. The molecule has 11 nitrogen and oxygen atoms in total. The maximum absolute atomic E-state index is 12.8. The zero-order valence-electron chi connectivity index (χ0n) is 20.5. The molecule has 0 aromatic carbocycles. The van der Waals surface area contributed by atoms with E-state index in [2.05, 4.69) is 30.2 Å². The Morgan fingerprint density at radius 1 is 1.34 bits per heavy atom. The summed E-state index contributed by atoms with van der Waals surface area (Å²) in [6.07, 6.45) is 2.02. The molecule has 12 heteroatoms. The number of rotatable bonds is 5. The highest BCUT2D eigenvalue weighted by Crippen LogP contribution is 2.36. The monoisotopic (exact) mass is 501 g/mol. The molecule has 0 radical (unpaired) electrons. The predicted molar refractivity (Wildman–Crippen MR) is 133 cm³/mol. The highest BCUT2D eigenvalue weighted by Gasteiger charge is 2.36. The molecule has 1 saturated heterocycles. The molecule has 3 aliphatic rings. The van der Waals surface area contributed by atoms with E-state index in [9.17, 15) is 9.00 Å². The Bertz CT molecular complexity index is 1170. The standard InChI is InChI=1S/C23H31N7O4S/c1-14-9-17-20(24-10-14)30-7-6-29(11-15(30)12-34-17)21-26-16-5-8-35(32)18(16)19(27-21)28-23(2,3)13-25-22(31)33-4/h9-10,15H,5-8,11-13H2,1-4H3,(H,25,31)(H,26,27,28)/t15-,35-/m1/s1. The summed E-state index contributed by atoms with van der Waals surface area (Å²) >= 11 is 0. The van der Waals surface area contributed by atoms with Crippen molar-refractivity contribution in [1.29, 1.82) is 0 Å². The normalized spacial score (nSPS) is 20.9. The van der Waals surface area contributed by atoms with Crippen molar-refractivity contribution in [3.05, 3.63) is 23.5 Å². The molecular formula is C23H31N7O4S. The van der Waals surface area contributed by atoms with E-state index in [1.54, 1.807) is 0 Å². The van der Waals surface area contributed by atoms with Crippen LogP contribution in [-0.4, -0.2) is 82.5 Å². The molecule has 0 unspecified atom stereocenters. The van der Waals surface area contributed by atoms with Crippen LogP contribution in [0.2, 0.25) is 0 Å². The number of pyridine rings is 1. The van der Waals surface area contributed by atoms with Crippen molar-refractivity contribution in [2.75, 3.05) is 60.8 Å². The van der Waals surface area contributed by atoms with Crippen LogP contribution in [0, 0.1) is 6.92 Å². The van der Waals surface area contributed by atoms with Gasteiger partial charge in [-0.25, -0.2) is 14.8 Å². The van der Waals surface area contributed by atoms with Crippen LogP contribution < -0.4 is 25.2 Å². The van der Waals surface area contributed by atoms with E-state index in [1.807, 2.05) is 33.0 Å². The number of nitrogens with zero attached hydrogens (tertiary/aromatic N) is 5. The summed E-state index contributed by atoms with van der Waals surface area (Å²) in [6.45, 7) is 8.99. The van der Waals surface area contributed by atoms with Crippen LogP contribution in [0.25, 0.3) is 0 Å². The van der Waals surface area contributed by atoms with Gasteiger partial charge in [0.2, 0.25) is 5.95 Å². The lowest BCUT2D eigenvalue weighted by molar-refractivity contribution is 0.169. The fourth-order valence-electron chi connectivity index (χ4n) is 4.64. The molecule has 0 bridgehead atoms. The number of anilines is 3. The van der Waals surface area contributed by atoms with Crippen molar-refractivity contribution in [2.24, 2.45) is 0 Å². The molecule has 35 heavy (non-hydrogen) atoms. The van der Waals surface area contributed by atoms with E-state index in [1.165, 1.54) is 7.11 Å². The van der Waals surface area contributed by atoms with Crippen LogP contribution in [0.3, 0.4) is 0 Å². The molecule has 0 spiro atoms. The molecule has 0 saturated carbocycles. The number of hydrogen-bond acceptors (Lipinski definition) is 10. The smallest absolute Gasteiger partial charge is 0.406 e. The van der Waals surface area contributed by atoms with Gasteiger partial charge in [0.25, 0.3) is 0 Å². The average molecular weight is 502 g/mol. The fraction of sp³-hybridized carbons (Fsp3) is 0.565. The number of piperazine rings is 1. The molecule has 188 valence electrons. The number of ether oxygens (including phenoxy) is 2. The predicted octanol–water partition coefficient (Wildman–Crippen LogP) is 1.48. The molecule has 3 aliphatic heterocycles. The summed E-state index contributed by atoms with van der Waals surface area (Å²) in [5, 5.41) is 6.11. The largest absolute Gasteiger partial charge is 0.487 e. The van der Waals surface area contributed by atoms with Crippen molar-refractivity contribution in [2.45, 2.75) is 43.7 Å². The first-order valence-electron chi connectivity index (χ1n) is 11.7. The number of amides is 1. The Kier molecular flexibility index (Phi) is 6.16. The maximum atomic E-state index is 12.8. The Hall–Kier alpha value is -3.15. The van der Waals surface area contributed by atoms with Crippen LogP contribution >= 0.6 is 0 Å². The summed E-state index contributed by atoms with van der Waals surface area (Å²) in [5.74, 6) is 3.43. The van der Waals surface area contributed by atoms with Gasteiger partial charge in [-0.3, -0.25) is 4.21 Å². The van der Waals surface area contributed by atoms with Crippen molar-refractivity contribution in [1.82, 2.24) is 20.3 Å². The third-order valence-electron chi connectivity index (χ3n) is 6.43. The zero-order chi connectivity index (χ0) is 24.7. The van der Waals surface area contributed by atoms with E-state index in [0.29, 0.717) is 48.5 Å². The molecule has 2 aromatic rings. The van der Waals surface area contributed by atoms with E-state index in [0.717, 1.165) is 35.9 Å². The topological polar surface area (TPSA) is 122 Å². The Morgan fingerprint density at radius 3 is 2.97 bits per heavy atom. The third-order valence-corrected chi connectivity index (χ3v) is 7.89. The van der Waals surface area contributed by atoms with E-state index in [-0.39, 0.29) is 6.04 Å². The van der Waals surface area contributed by atoms with Gasteiger partial charge >= 0.3 is 6.09 Å². The van der Waals surface area contributed by atoms with Crippen LogP contribution in [0.15, 0.2) is 17.2 Å². The number of aryl methyl sites for hydroxylation is 2. The van der Waals surface area contributed by atoms with E-state index in [4.69, 9.17) is 14.7 Å². The maximum Gasteiger partial charge on any atom is 0.406 e. The van der Waals surface area contributed by atoms with Crippen molar-refractivity contribution >= 4 is 34.5 Å². The number of carbonyl (C=O) groups is 1. The molecule has 2 N–H and O–H groups in total. The summed E-state index contributed by atoms with van der Waals surface area (Å²) in [4.78, 5) is 31.0. The number of alkyl carbamates (subject to hydrolysis) is 1. The SMILES string of the molecule is COC(=O)NCC(C)(C)Nc1nc(N2CCN3c4ncc(C)cc4OC[C@H]3C2)nc2c1[S@](=O)CC2. The highest BCUT2D eigenvalue weighted by atomic mass is 32.2. The van der Waals surface area contributed by atoms with Gasteiger partial charge in [-0.15, -0.1) is 0 Å². The second kappa shape index (κ2) is 9.14. The zero-order valence-corrected chi connectivity index (χ0v) is 21.3. The van der Waals surface area contributed by atoms with E-state index >= 15 is 0 Å². The number of hydrogen-bond donors (Lipinski definition) is 2. The van der Waals surface area contributed by atoms with Gasteiger partial charge in [-0.2, -0.15) is 4.98 Å². The van der Waals surface area contributed by atoms with Crippen molar-refractivity contribution in [3.8, 4) is 5.75 Å². The molecule has 5 heterocycles. The van der Waals surface area contributed by atoms with Crippen LogP contribution in [0.5, 0.6) is 5.75 Å². The first-order valence-corrected chi connectivity index (χ1v) is 13.1. The van der Waals surface area contributed by atoms with Crippen LogP contribution in [0.4, 0.5) is 22.4 Å². The lowest BCUT2D eigenvalue weighted by atomic mass is 10.1. The van der Waals surface area contributed by atoms with Gasteiger partial charge in [0.05, 0.1) is 35.2 Å². The second-order valence-electron chi connectivity index (χ2n) is 9.74. The molecule has 0 aliphatic carbocycles. The molecular weight excluding hydrogens is 470 g/mol. The summed E-state index contributed by atoms with van der Waals surface area (Å²) in [7, 11) is 0.169. The minimum Gasteiger partial charge on any atom is -0.487 e. The van der Waals surface area contributed by atoms with Gasteiger partial charge in [-0.05, 0) is 32.4 Å². The first-order chi connectivity index (χ1) is 16.7. The van der Waals surface area contributed by atoms with Gasteiger partial charge in [-0.1, -0.05) is 0 Å². The third kappa shape index (κ3) is 4.71. The lowest BCUT2D eigenvalue weighted by Crippen LogP contribution is -2.58. The highest BCUT2D eigenvalue weighted by molar-refractivity contribution is 7.85. The molecule has 2 atom stereocenters. The lowest BCUT2D eigenvalue weighted by Gasteiger charge is -2.44. The number of carbonyl (C=O) groups excluding carboxylic acids is 1. The van der Waals surface area contributed by atoms with Crippen molar-refractivity contribution in [3.63, 3.8) is 0 Å². The number of aromatic nitrogens is 3. The Labute approximate surface area is 207 Å². The first kappa shape index (κ1) is 23.6. The molecule has 1 fully saturated rings. The van der Waals surface area contributed by atoms with Crippen LogP contribution in [0.1, 0.15) is 25.1 Å². The summed E-state index contributed by atoms with van der Waals surface area (Å²) in [5.41, 5.74) is 1.34. The van der Waals surface area contributed by atoms with Gasteiger partial charge in [0, 0.05) is 44.5 Å². The summed E-state index contributed by atoms with van der Waals surface area (Å²) in [6, 6.07) is 2.17. The average Bonchev–Trinajstić information content (AvgIpc) is 3.22. The quantitative estimate of drug-likeness (QED) is 0.623. The Balaban J connectivity index is 1.38.